The van der Waals surface area contributed by atoms with Gasteiger partial charge in [0, 0.05) is 16.8 Å². The fourth-order valence-electron chi connectivity index (χ4n) is 3.44. The SMILES string of the molecule is C/C(=N/O)c1ccc(NC(=O)CSc2nnc(-c3ccc4nc(-c5ccccc5)[nH]c4c3)o2)cc1. The predicted octanol–water partition coefficient (Wildman–Crippen LogP) is 5.21. The molecular weight excluding hydrogens is 464 g/mol. The number of rotatable bonds is 7. The number of thioether (sulfide) groups is 1. The van der Waals surface area contributed by atoms with Gasteiger partial charge in [0.1, 0.15) is 5.82 Å². The molecule has 10 heteroatoms. The number of carbonyl (C=O) groups excluding carboxylic acids is 1. The van der Waals surface area contributed by atoms with Crippen LogP contribution in [-0.2, 0) is 4.79 Å². The van der Waals surface area contributed by atoms with Gasteiger partial charge in [0.25, 0.3) is 5.22 Å². The molecule has 0 saturated carbocycles. The first-order chi connectivity index (χ1) is 17.1. The molecule has 1 amide bonds. The number of carbonyl (C=O) groups is 1. The number of oxime groups is 1. The molecule has 35 heavy (non-hydrogen) atoms. The number of H-pyrrole nitrogens is 1. The topological polar surface area (TPSA) is 129 Å². The van der Waals surface area contributed by atoms with Crippen LogP contribution < -0.4 is 5.32 Å². The van der Waals surface area contributed by atoms with E-state index in [1.165, 1.54) is 0 Å². The van der Waals surface area contributed by atoms with Crippen molar-refractivity contribution in [3.8, 4) is 22.8 Å². The molecule has 2 aromatic heterocycles. The number of aromatic nitrogens is 4. The van der Waals surface area contributed by atoms with Crippen LogP contribution in [0, 0.1) is 0 Å². The monoisotopic (exact) mass is 484 g/mol. The van der Waals surface area contributed by atoms with Gasteiger partial charge in [-0.1, -0.05) is 59.4 Å². The zero-order chi connectivity index (χ0) is 24.2. The van der Waals surface area contributed by atoms with Crippen LogP contribution in [0.4, 0.5) is 5.69 Å². The first kappa shape index (κ1) is 22.4. The summed E-state index contributed by atoms with van der Waals surface area (Å²) in [6.07, 6.45) is 0. The van der Waals surface area contributed by atoms with Gasteiger partial charge in [-0.3, -0.25) is 4.79 Å². The van der Waals surface area contributed by atoms with E-state index in [-0.39, 0.29) is 11.7 Å². The summed E-state index contributed by atoms with van der Waals surface area (Å²) in [6, 6.07) is 22.6. The van der Waals surface area contributed by atoms with E-state index in [2.05, 4.69) is 30.6 Å². The Morgan fingerprint density at radius 2 is 1.86 bits per heavy atom. The van der Waals surface area contributed by atoms with E-state index < -0.39 is 0 Å². The molecule has 0 atom stereocenters. The second kappa shape index (κ2) is 9.82. The predicted molar refractivity (Wildman–Crippen MR) is 135 cm³/mol. The van der Waals surface area contributed by atoms with Gasteiger partial charge in [-0.2, -0.15) is 0 Å². The second-order valence-corrected chi connectivity index (χ2v) is 8.58. The molecule has 3 aromatic carbocycles. The number of aromatic amines is 1. The summed E-state index contributed by atoms with van der Waals surface area (Å²) in [6.45, 7) is 1.69. The number of anilines is 1. The Balaban J connectivity index is 1.22. The molecule has 2 heterocycles. The lowest BCUT2D eigenvalue weighted by atomic mass is 10.1. The number of imidazole rings is 1. The van der Waals surface area contributed by atoms with Crippen molar-refractivity contribution in [1.82, 2.24) is 20.2 Å². The number of fused-ring (bicyclic) bond motifs is 1. The summed E-state index contributed by atoms with van der Waals surface area (Å²) in [5.74, 6) is 1.06. The van der Waals surface area contributed by atoms with E-state index in [1.54, 1.807) is 31.2 Å². The summed E-state index contributed by atoms with van der Waals surface area (Å²) in [7, 11) is 0. The van der Waals surface area contributed by atoms with Gasteiger partial charge in [0.2, 0.25) is 11.8 Å². The molecule has 0 saturated heterocycles. The highest BCUT2D eigenvalue weighted by Crippen LogP contribution is 2.27. The molecule has 5 aromatic rings. The molecule has 5 rings (SSSR count). The Hall–Kier alpha value is -4.44. The van der Waals surface area contributed by atoms with Crippen LogP contribution in [0.5, 0.6) is 0 Å². The molecule has 9 nitrogen and oxygen atoms in total. The lowest BCUT2D eigenvalue weighted by Crippen LogP contribution is -2.14. The number of hydrogen-bond donors (Lipinski definition) is 3. The highest BCUT2D eigenvalue weighted by Gasteiger charge is 2.13. The van der Waals surface area contributed by atoms with Gasteiger partial charge in [0.15, 0.2) is 0 Å². The minimum Gasteiger partial charge on any atom is -0.411 e. The molecule has 0 aliphatic rings. The Bertz CT molecular complexity index is 1510. The molecule has 0 fully saturated rings. The third-order valence-corrected chi connectivity index (χ3v) is 6.06. The van der Waals surface area contributed by atoms with Crippen molar-refractivity contribution in [2.75, 3.05) is 11.1 Å². The Labute approximate surface area is 204 Å². The average Bonchev–Trinajstić information content (AvgIpc) is 3.55. The lowest BCUT2D eigenvalue weighted by Gasteiger charge is -2.05. The van der Waals surface area contributed by atoms with Gasteiger partial charge in [0.05, 0.1) is 22.5 Å². The van der Waals surface area contributed by atoms with Crippen LogP contribution in [0.2, 0.25) is 0 Å². The average molecular weight is 485 g/mol. The Morgan fingerprint density at radius 1 is 1.06 bits per heavy atom. The molecule has 0 unspecified atom stereocenters. The summed E-state index contributed by atoms with van der Waals surface area (Å²) < 4.78 is 5.75. The quantitative estimate of drug-likeness (QED) is 0.125. The molecule has 174 valence electrons. The van der Waals surface area contributed by atoms with E-state index in [0.29, 0.717) is 22.5 Å². The van der Waals surface area contributed by atoms with E-state index in [4.69, 9.17) is 9.62 Å². The number of nitrogens with zero attached hydrogens (tertiary/aromatic N) is 4. The molecular formula is C25H20N6O3S. The number of benzene rings is 3. The Morgan fingerprint density at radius 3 is 2.63 bits per heavy atom. The third kappa shape index (κ3) is 5.07. The fourth-order valence-corrected chi connectivity index (χ4v) is 4.00. The largest absolute Gasteiger partial charge is 0.411 e. The third-order valence-electron chi connectivity index (χ3n) is 5.25. The van der Waals surface area contributed by atoms with Gasteiger partial charge in [-0.05, 0) is 42.8 Å². The maximum Gasteiger partial charge on any atom is 0.277 e. The van der Waals surface area contributed by atoms with E-state index in [0.717, 1.165) is 45.3 Å². The smallest absolute Gasteiger partial charge is 0.277 e. The highest BCUT2D eigenvalue weighted by molar-refractivity contribution is 7.99. The first-order valence-electron chi connectivity index (χ1n) is 10.7. The van der Waals surface area contributed by atoms with Gasteiger partial charge >= 0.3 is 0 Å². The molecule has 0 aliphatic carbocycles. The maximum atomic E-state index is 12.3. The van der Waals surface area contributed by atoms with Crippen molar-refractivity contribution >= 4 is 40.1 Å². The number of amides is 1. The van der Waals surface area contributed by atoms with Crippen molar-refractivity contribution < 1.29 is 14.4 Å². The normalized spacial score (nSPS) is 11.6. The summed E-state index contributed by atoms with van der Waals surface area (Å²) in [4.78, 5) is 20.3. The molecule has 0 bridgehead atoms. The van der Waals surface area contributed by atoms with Crippen LogP contribution in [0.3, 0.4) is 0 Å². The Kier molecular flexibility index (Phi) is 6.27. The molecule has 0 aliphatic heterocycles. The molecule has 0 spiro atoms. The van der Waals surface area contributed by atoms with Gasteiger partial charge < -0.3 is 19.9 Å². The number of hydrogen-bond acceptors (Lipinski definition) is 8. The van der Waals surface area contributed by atoms with Crippen LogP contribution in [0.1, 0.15) is 12.5 Å². The zero-order valence-corrected chi connectivity index (χ0v) is 19.4. The van der Waals surface area contributed by atoms with Crippen LogP contribution in [0.15, 0.2) is 87.6 Å². The maximum absolute atomic E-state index is 12.3. The van der Waals surface area contributed by atoms with Gasteiger partial charge in [-0.25, -0.2) is 4.98 Å². The molecule has 0 radical (unpaired) electrons. The van der Waals surface area contributed by atoms with Crippen molar-refractivity contribution in [3.05, 3.63) is 78.4 Å². The molecule has 3 N–H and O–H groups in total. The first-order valence-corrected chi connectivity index (χ1v) is 11.7. The number of nitrogens with one attached hydrogen (secondary N) is 2. The highest BCUT2D eigenvalue weighted by atomic mass is 32.2. The van der Waals surface area contributed by atoms with Crippen LogP contribution in [0.25, 0.3) is 33.9 Å². The minimum absolute atomic E-state index is 0.112. The summed E-state index contributed by atoms with van der Waals surface area (Å²) >= 11 is 1.16. The van der Waals surface area contributed by atoms with E-state index in [1.807, 2.05) is 48.5 Å². The lowest BCUT2D eigenvalue weighted by molar-refractivity contribution is -0.113. The van der Waals surface area contributed by atoms with Crippen LogP contribution in [-0.4, -0.2) is 42.7 Å². The standard InChI is InChI=1S/C25H20N6O3S/c1-15(31-33)16-7-10-19(11-8-16)26-22(32)14-35-25-30-29-24(34-25)18-9-12-20-21(13-18)28-23(27-20)17-5-3-2-4-6-17/h2-13,33H,14H2,1H3,(H,26,32)(H,27,28)/b31-15-. The van der Waals surface area contributed by atoms with Crippen molar-refractivity contribution in [2.24, 2.45) is 5.16 Å². The second-order valence-electron chi connectivity index (χ2n) is 7.66. The minimum atomic E-state index is -0.206. The summed E-state index contributed by atoms with van der Waals surface area (Å²) in [5.41, 5.74) is 5.36. The van der Waals surface area contributed by atoms with Crippen molar-refractivity contribution in [3.63, 3.8) is 0 Å². The zero-order valence-electron chi connectivity index (χ0n) is 18.6. The van der Waals surface area contributed by atoms with E-state index in [9.17, 15) is 4.79 Å². The van der Waals surface area contributed by atoms with Crippen molar-refractivity contribution in [1.29, 1.82) is 0 Å². The fraction of sp³-hybridized carbons (Fsp3) is 0.0800. The van der Waals surface area contributed by atoms with Gasteiger partial charge in [-0.15, -0.1) is 10.2 Å². The van der Waals surface area contributed by atoms with Crippen molar-refractivity contribution in [2.45, 2.75) is 12.1 Å². The van der Waals surface area contributed by atoms with E-state index >= 15 is 0 Å². The van der Waals surface area contributed by atoms with Crippen LogP contribution >= 0.6 is 11.8 Å². The summed E-state index contributed by atoms with van der Waals surface area (Å²) in [5, 5.41) is 23.3.